The maximum absolute atomic E-state index is 10.5. The minimum absolute atomic E-state index is 0.0542. The molecule has 0 atom stereocenters. The van der Waals surface area contributed by atoms with Gasteiger partial charge >= 0.3 is 0 Å². The first kappa shape index (κ1) is 15.5. The zero-order valence-electron chi connectivity index (χ0n) is 11.8. The van der Waals surface area contributed by atoms with E-state index in [1.54, 1.807) is 24.6 Å². The number of nitrogens with zero attached hydrogens (tertiary/aromatic N) is 3. The Labute approximate surface area is 118 Å². The molecular weight excluding hydrogens is 254 g/mol. The van der Waals surface area contributed by atoms with Gasteiger partial charge in [-0.15, -0.1) is 5.73 Å². The maximum Gasteiger partial charge on any atom is 0.269 e. The molecule has 0 bridgehead atoms. The molecule has 0 saturated carbocycles. The zero-order valence-corrected chi connectivity index (χ0v) is 11.8. The second-order valence-corrected chi connectivity index (χ2v) is 4.86. The monoisotopic (exact) mass is 271 g/mol. The molecule has 1 aromatic rings. The number of rotatable bonds is 5. The van der Waals surface area contributed by atoms with Crippen molar-refractivity contribution in [2.75, 3.05) is 0 Å². The SMILES string of the molecule is C=C=C(C)C(C)(C)/C=N/N=C/c1ccc([N+](=O)[O-])cc1. The molecule has 0 saturated heterocycles. The predicted molar refractivity (Wildman–Crippen MR) is 81.3 cm³/mol. The average molecular weight is 271 g/mol. The van der Waals surface area contributed by atoms with Crippen molar-refractivity contribution < 1.29 is 4.92 Å². The van der Waals surface area contributed by atoms with Gasteiger partial charge in [-0.05, 0) is 30.2 Å². The molecule has 5 heteroatoms. The van der Waals surface area contributed by atoms with Crippen molar-refractivity contribution in [2.24, 2.45) is 15.6 Å². The van der Waals surface area contributed by atoms with E-state index in [0.717, 1.165) is 11.1 Å². The molecule has 0 N–H and O–H groups in total. The third-order valence-electron chi connectivity index (χ3n) is 2.99. The first-order valence-electron chi connectivity index (χ1n) is 6.06. The number of allylic oxidation sites excluding steroid dienone is 1. The van der Waals surface area contributed by atoms with Gasteiger partial charge in [-0.25, -0.2) is 0 Å². The normalized spacial score (nSPS) is 11.8. The smallest absolute Gasteiger partial charge is 0.258 e. The highest BCUT2D eigenvalue weighted by molar-refractivity contribution is 5.80. The molecule has 0 unspecified atom stereocenters. The van der Waals surface area contributed by atoms with Gasteiger partial charge in [0.05, 0.1) is 11.1 Å². The molecule has 0 spiro atoms. The van der Waals surface area contributed by atoms with Crippen molar-refractivity contribution in [3.05, 3.63) is 57.8 Å². The minimum Gasteiger partial charge on any atom is -0.258 e. The van der Waals surface area contributed by atoms with Crippen molar-refractivity contribution in [2.45, 2.75) is 20.8 Å². The van der Waals surface area contributed by atoms with E-state index in [0.29, 0.717) is 0 Å². The van der Waals surface area contributed by atoms with E-state index in [-0.39, 0.29) is 11.1 Å². The number of hydrogen-bond acceptors (Lipinski definition) is 4. The molecule has 0 radical (unpaired) electrons. The van der Waals surface area contributed by atoms with Crippen LogP contribution in [0.5, 0.6) is 0 Å². The summed E-state index contributed by atoms with van der Waals surface area (Å²) >= 11 is 0. The second kappa shape index (κ2) is 6.59. The Kier molecular flexibility index (Phi) is 5.12. The van der Waals surface area contributed by atoms with Gasteiger partial charge in [0, 0.05) is 23.8 Å². The summed E-state index contributed by atoms with van der Waals surface area (Å²) in [5.74, 6) is 0. The number of nitro groups is 1. The van der Waals surface area contributed by atoms with Gasteiger partial charge in [0.15, 0.2) is 0 Å². The quantitative estimate of drug-likeness (QED) is 0.354. The maximum atomic E-state index is 10.5. The molecule has 0 aliphatic rings. The van der Waals surface area contributed by atoms with E-state index in [1.165, 1.54) is 12.1 Å². The average Bonchev–Trinajstić information content (AvgIpc) is 2.43. The molecule has 0 aromatic heterocycles. The Morgan fingerprint density at radius 2 is 1.95 bits per heavy atom. The summed E-state index contributed by atoms with van der Waals surface area (Å²) in [7, 11) is 0. The molecule has 5 nitrogen and oxygen atoms in total. The van der Waals surface area contributed by atoms with Crippen LogP contribution in [0, 0.1) is 15.5 Å². The molecule has 104 valence electrons. The standard InChI is InChI=1S/C15H17N3O2/c1-5-12(2)15(3,4)11-17-16-10-13-6-8-14(9-7-13)18(19)20/h6-11H,1H2,2-4H3/b16-10+,17-11+. The van der Waals surface area contributed by atoms with Gasteiger partial charge in [0.1, 0.15) is 0 Å². The van der Waals surface area contributed by atoms with Crippen LogP contribution in [0.4, 0.5) is 5.69 Å². The fourth-order valence-electron chi connectivity index (χ4n) is 1.28. The van der Waals surface area contributed by atoms with Crippen LogP contribution in [0.1, 0.15) is 26.3 Å². The van der Waals surface area contributed by atoms with Crippen molar-refractivity contribution in [1.82, 2.24) is 0 Å². The van der Waals surface area contributed by atoms with Crippen molar-refractivity contribution in [3.8, 4) is 0 Å². The van der Waals surface area contributed by atoms with Gasteiger partial charge in [0.25, 0.3) is 5.69 Å². The molecule has 0 aliphatic heterocycles. The van der Waals surface area contributed by atoms with Crippen LogP contribution >= 0.6 is 0 Å². The Hall–Kier alpha value is -2.52. The summed E-state index contributed by atoms with van der Waals surface area (Å²) in [6, 6.07) is 6.10. The van der Waals surface area contributed by atoms with Crippen LogP contribution in [-0.2, 0) is 0 Å². The lowest BCUT2D eigenvalue weighted by Crippen LogP contribution is -2.13. The molecule has 20 heavy (non-hydrogen) atoms. The Bertz CT molecular complexity index is 592. The highest BCUT2D eigenvalue weighted by atomic mass is 16.6. The number of benzene rings is 1. The predicted octanol–water partition coefficient (Wildman–Crippen LogP) is 3.76. The molecule has 0 amide bonds. The van der Waals surface area contributed by atoms with E-state index in [2.05, 4.69) is 22.5 Å². The van der Waals surface area contributed by atoms with E-state index in [4.69, 9.17) is 0 Å². The van der Waals surface area contributed by atoms with E-state index in [1.807, 2.05) is 20.8 Å². The third kappa shape index (κ3) is 4.30. The van der Waals surface area contributed by atoms with Gasteiger partial charge in [-0.2, -0.15) is 10.2 Å². The van der Waals surface area contributed by atoms with Crippen LogP contribution in [0.25, 0.3) is 0 Å². The van der Waals surface area contributed by atoms with Crippen molar-refractivity contribution in [3.63, 3.8) is 0 Å². The highest BCUT2D eigenvalue weighted by Gasteiger charge is 2.16. The van der Waals surface area contributed by atoms with E-state index in [9.17, 15) is 10.1 Å². The first-order chi connectivity index (χ1) is 9.36. The highest BCUT2D eigenvalue weighted by Crippen LogP contribution is 2.21. The van der Waals surface area contributed by atoms with Gasteiger partial charge in [0.2, 0.25) is 0 Å². The van der Waals surface area contributed by atoms with E-state index >= 15 is 0 Å². The van der Waals surface area contributed by atoms with Crippen LogP contribution in [0.3, 0.4) is 0 Å². The Morgan fingerprint density at radius 1 is 1.35 bits per heavy atom. The van der Waals surface area contributed by atoms with Gasteiger partial charge in [-0.1, -0.05) is 20.4 Å². The van der Waals surface area contributed by atoms with Crippen LogP contribution in [0.2, 0.25) is 0 Å². The second-order valence-electron chi connectivity index (χ2n) is 4.86. The number of non-ortho nitro benzene ring substituents is 1. The number of nitro benzene ring substituents is 1. The van der Waals surface area contributed by atoms with Crippen molar-refractivity contribution in [1.29, 1.82) is 0 Å². The fraction of sp³-hybridized carbons (Fsp3) is 0.267. The first-order valence-corrected chi connectivity index (χ1v) is 6.06. The molecule has 1 aromatic carbocycles. The Balaban J connectivity index is 2.74. The van der Waals surface area contributed by atoms with Crippen molar-refractivity contribution >= 4 is 18.1 Å². The number of hydrogen-bond donors (Lipinski definition) is 0. The lowest BCUT2D eigenvalue weighted by molar-refractivity contribution is -0.384. The van der Waals surface area contributed by atoms with Gasteiger partial charge in [-0.3, -0.25) is 10.1 Å². The minimum atomic E-state index is -0.439. The third-order valence-corrected chi connectivity index (χ3v) is 2.99. The molecular formula is C15H17N3O2. The molecule has 0 aliphatic carbocycles. The molecule has 0 fully saturated rings. The summed E-state index contributed by atoms with van der Waals surface area (Å²) in [5.41, 5.74) is 4.37. The lowest BCUT2D eigenvalue weighted by atomic mass is 9.87. The molecule has 1 rings (SSSR count). The van der Waals surface area contributed by atoms with Crippen LogP contribution in [0.15, 0.2) is 52.4 Å². The van der Waals surface area contributed by atoms with Crippen LogP contribution in [-0.4, -0.2) is 17.4 Å². The molecule has 0 heterocycles. The summed E-state index contributed by atoms with van der Waals surface area (Å²) in [6.45, 7) is 9.52. The zero-order chi connectivity index (χ0) is 15.2. The summed E-state index contributed by atoms with van der Waals surface area (Å²) in [4.78, 5) is 10.1. The Morgan fingerprint density at radius 3 is 2.45 bits per heavy atom. The van der Waals surface area contributed by atoms with Crippen LogP contribution < -0.4 is 0 Å². The summed E-state index contributed by atoms with van der Waals surface area (Å²) < 4.78 is 0. The lowest BCUT2D eigenvalue weighted by Gasteiger charge is -2.17. The fourth-order valence-corrected chi connectivity index (χ4v) is 1.28. The largest absolute Gasteiger partial charge is 0.269 e. The summed E-state index contributed by atoms with van der Waals surface area (Å²) in [6.07, 6.45) is 3.26. The summed E-state index contributed by atoms with van der Waals surface area (Å²) in [5, 5.41) is 18.4. The van der Waals surface area contributed by atoms with E-state index < -0.39 is 4.92 Å². The topological polar surface area (TPSA) is 67.9 Å². The van der Waals surface area contributed by atoms with Gasteiger partial charge < -0.3 is 0 Å².